The van der Waals surface area contributed by atoms with E-state index >= 15 is 0 Å². The topological polar surface area (TPSA) is 64.0 Å². The van der Waals surface area contributed by atoms with Gasteiger partial charge >= 0.3 is 6.18 Å². The quantitative estimate of drug-likeness (QED) is 0.365. The molecule has 0 saturated heterocycles. The van der Waals surface area contributed by atoms with E-state index in [2.05, 4.69) is 34.6 Å². The molecule has 0 unspecified atom stereocenters. The molecule has 0 aliphatic rings. The van der Waals surface area contributed by atoms with Crippen molar-refractivity contribution < 1.29 is 18.0 Å². The number of aromatic nitrogens is 2. The zero-order valence-corrected chi connectivity index (χ0v) is 19.3. The predicted octanol–water partition coefficient (Wildman–Crippen LogP) is 5.27. The number of nitrogens with one attached hydrogen (secondary N) is 1. The number of carbonyl (C=O) groups is 1. The van der Waals surface area contributed by atoms with Gasteiger partial charge < -0.3 is 5.32 Å². The summed E-state index contributed by atoms with van der Waals surface area (Å²) in [5.41, 5.74) is 1.66. The van der Waals surface area contributed by atoms with E-state index in [9.17, 15) is 22.8 Å². The Kier molecular flexibility index (Phi) is 7.63. The smallest absolute Gasteiger partial charge is 0.355 e. The molecule has 5 nitrogen and oxygen atoms in total. The molecule has 0 bridgehead atoms. The highest BCUT2D eigenvalue weighted by atomic mass is 19.4. The summed E-state index contributed by atoms with van der Waals surface area (Å²) in [6, 6.07) is 25.7. The molecule has 36 heavy (non-hydrogen) atoms. The molecule has 0 spiro atoms. The average Bonchev–Trinajstić information content (AvgIpc) is 2.88. The van der Waals surface area contributed by atoms with E-state index in [1.807, 2.05) is 36.4 Å². The normalized spacial score (nSPS) is 11.4. The van der Waals surface area contributed by atoms with Crippen LogP contribution in [-0.4, -0.2) is 22.0 Å². The lowest BCUT2D eigenvalue weighted by Gasteiger charge is -2.18. The maximum Gasteiger partial charge on any atom is 0.416 e. The van der Waals surface area contributed by atoms with E-state index < -0.39 is 17.3 Å². The summed E-state index contributed by atoms with van der Waals surface area (Å²) in [5, 5.41) is 2.86. The van der Waals surface area contributed by atoms with Gasteiger partial charge in [0.05, 0.1) is 17.6 Å². The van der Waals surface area contributed by atoms with Crippen molar-refractivity contribution in [3.8, 4) is 11.3 Å². The highest BCUT2D eigenvalue weighted by Crippen LogP contribution is 2.30. The van der Waals surface area contributed by atoms with E-state index in [0.717, 1.165) is 27.8 Å². The van der Waals surface area contributed by atoms with Crippen LogP contribution in [0.4, 0.5) is 13.2 Å². The van der Waals surface area contributed by atoms with Gasteiger partial charge in [-0.15, -0.1) is 0 Å². The Labute approximate surface area is 206 Å². The molecule has 0 radical (unpaired) electrons. The Hall–Kier alpha value is -4.20. The second-order valence-corrected chi connectivity index (χ2v) is 8.33. The molecule has 1 N–H and O–H groups in total. The third kappa shape index (κ3) is 6.27. The first-order chi connectivity index (χ1) is 17.3. The van der Waals surface area contributed by atoms with E-state index in [0.29, 0.717) is 18.5 Å². The fourth-order valence-corrected chi connectivity index (χ4v) is 4.00. The molecule has 8 heteroatoms. The summed E-state index contributed by atoms with van der Waals surface area (Å²) < 4.78 is 39.4. The van der Waals surface area contributed by atoms with Crippen molar-refractivity contribution in [1.82, 2.24) is 14.9 Å². The Morgan fingerprint density at radius 3 is 2.00 bits per heavy atom. The molecule has 0 saturated carbocycles. The van der Waals surface area contributed by atoms with Gasteiger partial charge in [-0.1, -0.05) is 72.8 Å². The van der Waals surface area contributed by atoms with Crippen LogP contribution in [-0.2, 0) is 17.5 Å². The second-order valence-electron chi connectivity index (χ2n) is 8.33. The number of carbonyl (C=O) groups excluding carboxylic acids is 1. The third-order valence-electron chi connectivity index (χ3n) is 5.86. The van der Waals surface area contributed by atoms with Gasteiger partial charge in [-0.05, 0) is 29.7 Å². The lowest BCUT2D eigenvalue weighted by Crippen LogP contribution is -2.33. The first-order valence-electron chi connectivity index (χ1n) is 11.4. The fourth-order valence-electron chi connectivity index (χ4n) is 4.00. The Morgan fingerprint density at radius 1 is 0.889 bits per heavy atom. The molecule has 1 amide bonds. The van der Waals surface area contributed by atoms with Crippen LogP contribution < -0.4 is 10.9 Å². The molecule has 0 aliphatic heterocycles. The van der Waals surface area contributed by atoms with Gasteiger partial charge in [0, 0.05) is 24.1 Å². The number of alkyl halides is 3. The minimum absolute atomic E-state index is 0.111. The Balaban J connectivity index is 1.37. The van der Waals surface area contributed by atoms with Gasteiger partial charge in [0.1, 0.15) is 6.54 Å². The second kappa shape index (κ2) is 11.0. The summed E-state index contributed by atoms with van der Waals surface area (Å²) in [6.45, 7) is 0.208. The van der Waals surface area contributed by atoms with Crippen molar-refractivity contribution in [2.75, 3.05) is 6.54 Å². The van der Waals surface area contributed by atoms with Crippen molar-refractivity contribution in [3.63, 3.8) is 0 Å². The van der Waals surface area contributed by atoms with Crippen LogP contribution in [0, 0.1) is 0 Å². The summed E-state index contributed by atoms with van der Waals surface area (Å²) in [7, 11) is 0. The molecule has 184 valence electrons. The largest absolute Gasteiger partial charge is 0.416 e. The number of amides is 1. The average molecular weight is 492 g/mol. The van der Waals surface area contributed by atoms with Crippen LogP contribution in [0.5, 0.6) is 0 Å². The van der Waals surface area contributed by atoms with Gasteiger partial charge in [-0.2, -0.15) is 13.2 Å². The highest BCUT2D eigenvalue weighted by molar-refractivity contribution is 5.75. The highest BCUT2D eigenvalue weighted by Gasteiger charge is 2.30. The predicted molar refractivity (Wildman–Crippen MR) is 131 cm³/mol. The van der Waals surface area contributed by atoms with Crippen LogP contribution >= 0.6 is 0 Å². The van der Waals surface area contributed by atoms with Gasteiger partial charge in [-0.3, -0.25) is 14.2 Å². The fraction of sp³-hybridized carbons (Fsp3) is 0.179. The standard InChI is InChI=1S/C28H24F3N3O2/c29-28(30,31)23-13-11-22(12-14-23)25-17-27(36)34(19-33-25)18-26(35)32-16-15-24(20-7-3-1-4-8-20)21-9-5-2-6-10-21/h1-14,17,19,24H,15-16,18H2,(H,32,35). The van der Waals surface area contributed by atoms with Crippen molar-refractivity contribution in [3.05, 3.63) is 124 Å². The number of benzene rings is 3. The van der Waals surface area contributed by atoms with Crippen molar-refractivity contribution >= 4 is 5.91 Å². The zero-order valence-electron chi connectivity index (χ0n) is 19.3. The van der Waals surface area contributed by atoms with Crippen LogP contribution in [0.1, 0.15) is 29.0 Å². The first-order valence-corrected chi connectivity index (χ1v) is 11.4. The van der Waals surface area contributed by atoms with Gasteiger partial charge in [0.25, 0.3) is 5.56 Å². The lowest BCUT2D eigenvalue weighted by atomic mass is 9.88. The Bertz CT molecular complexity index is 1310. The third-order valence-corrected chi connectivity index (χ3v) is 5.86. The van der Waals surface area contributed by atoms with Crippen molar-refractivity contribution in [1.29, 1.82) is 0 Å². The van der Waals surface area contributed by atoms with E-state index in [-0.39, 0.29) is 24.1 Å². The summed E-state index contributed by atoms with van der Waals surface area (Å²) in [4.78, 5) is 29.1. The molecule has 4 aromatic rings. The molecule has 4 rings (SSSR count). The van der Waals surface area contributed by atoms with Crippen LogP contribution in [0.15, 0.2) is 102 Å². The first kappa shape index (κ1) is 24.9. The Morgan fingerprint density at radius 2 is 1.47 bits per heavy atom. The molecule has 3 aromatic carbocycles. The van der Waals surface area contributed by atoms with Crippen molar-refractivity contribution in [2.45, 2.75) is 25.1 Å². The summed E-state index contributed by atoms with van der Waals surface area (Å²) in [5.74, 6) is -0.221. The number of halogens is 3. The van der Waals surface area contributed by atoms with Gasteiger partial charge in [-0.25, -0.2) is 4.98 Å². The minimum Gasteiger partial charge on any atom is -0.355 e. The lowest BCUT2D eigenvalue weighted by molar-refractivity contribution is -0.137. The number of hydrogen-bond acceptors (Lipinski definition) is 3. The van der Waals surface area contributed by atoms with E-state index in [1.54, 1.807) is 0 Å². The number of rotatable bonds is 8. The maximum atomic E-state index is 12.8. The molecule has 0 fully saturated rings. The van der Waals surface area contributed by atoms with Crippen LogP contribution in [0.3, 0.4) is 0 Å². The number of hydrogen-bond donors (Lipinski definition) is 1. The van der Waals surface area contributed by atoms with Gasteiger partial charge in [0.15, 0.2) is 0 Å². The van der Waals surface area contributed by atoms with E-state index in [4.69, 9.17) is 0 Å². The maximum absolute atomic E-state index is 12.8. The number of nitrogens with zero attached hydrogens (tertiary/aromatic N) is 2. The molecule has 1 aromatic heterocycles. The molecule has 1 heterocycles. The molecular weight excluding hydrogens is 467 g/mol. The van der Waals surface area contributed by atoms with Gasteiger partial charge in [0.2, 0.25) is 5.91 Å². The summed E-state index contributed by atoms with van der Waals surface area (Å²) in [6.07, 6.45) is -2.53. The summed E-state index contributed by atoms with van der Waals surface area (Å²) >= 11 is 0. The minimum atomic E-state index is -4.44. The molecule has 0 aliphatic carbocycles. The SMILES string of the molecule is O=C(Cn1cnc(-c2ccc(C(F)(F)F)cc2)cc1=O)NCCC(c1ccccc1)c1ccccc1. The van der Waals surface area contributed by atoms with Crippen molar-refractivity contribution in [2.24, 2.45) is 0 Å². The molecule has 0 atom stereocenters. The van der Waals surface area contributed by atoms with Crippen LogP contribution in [0.2, 0.25) is 0 Å². The van der Waals surface area contributed by atoms with Crippen LogP contribution in [0.25, 0.3) is 11.3 Å². The molecular formula is C28H24F3N3O2. The zero-order chi connectivity index (χ0) is 25.5. The monoisotopic (exact) mass is 491 g/mol. The van der Waals surface area contributed by atoms with E-state index in [1.165, 1.54) is 24.5 Å².